The molecule has 1 aliphatic carbocycles. The molecule has 3 nitrogen and oxygen atoms in total. The van der Waals surface area contributed by atoms with Crippen LogP contribution >= 0.6 is 0 Å². The van der Waals surface area contributed by atoms with Gasteiger partial charge in [-0.1, -0.05) is 0 Å². The van der Waals surface area contributed by atoms with Gasteiger partial charge in [0.05, 0.1) is 6.57 Å². The van der Waals surface area contributed by atoms with Crippen LogP contribution in [0, 0.1) is 13.5 Å². The van der Waals surface area contributed by atoms with Gasteiger partial charge in [0.2, 0.25) is 0 Å². The molecule has 0 spiro atoms. The molecule has 3 heteroatoms. The first-order valence-electron chi connectivity index (χ1n) is 6.54. The Morgan fingerprint density at radius 1 is 1.26 bits per heavy atom. The van der Waals surface area contributed by atoms with E-state index < -0.39 is 0 Å². The van der Waals surface area contributed by atoms with Gasteiger partial charge in [0.1, 0.15) is 0 Å². The Balaban J connectivity index is 1.88. The fraction of sp³-hybridized carbons (Fsp3) is 0.312. The largest absolute Gasteiger partial charge is 0.264 e. The summed E-state index contributed by atoms with van der Waals surface area (Å²) in [6.45, 7) is 9.07. The maximum absolute atomic E-state index is 7.03. The van der Waals surface area contributed by atoms with E-state index in [0.717, 1.165) is 23.0 Å². The minimum Gasteiger partial charge on any atom is -0.264 e. The van der Waals surface area contributed by atoms with E-state index in [1.54, 1.807) is 12.3 Å². The fourth-order valence-corrected chi connectivity index (χ4v) is 2.33. The molecule has 3 rings (SSSR count). The zero-order chi connectivity index (χ0) is 13.2. The first kappa shape index (κ1) is 11.9. The number of pyridine rings is 2. The lowest BCUT2D eigenvalue weighted by Gasteiger charge is -2.06. The van der Waals surface area contributed by atoms with Crippen LogP contribution in [0.25, 0.3) is 4.85 Å². The molecule has 2 heterocycles. The second kappa shape index (κ2) is 4.81. The molecule has 0 unspecified atom stereocenters. The fourth-order valence-electron chi connectivity index (χ4n) is 2.33. The molecule has 0 saturated heterocycles. The predicted molar refractivity (Wildman–Crippen MR) is 74.3 cm³/mol. The molecule has 0 aliphatic heterocycles. The highest BCUT2D eigenvalue weighted by Crippen LogP contribution is 2.40. The third kappa shape index (κ3) is 2.79. The smallest absolute Gasteiger partial charge is 0.190 e. The van der Waals surface area contributed by atoms with Crippen LogP contribution in [0.2, 0.25) is 0 Å². The van der Waals surface area contributed by atoms with Crippen molar-refractivity contribution in [2.75, 3.05) is 0 Å². The van der Waals surface area contributed by atoms with E-state index in [2.05, 4.69) is 26.9 Å². The van der Waals surface area contributed by atoms with E-state index >= 15 is 0 Å². The monoisotopic (exact) mass is 249 g/mol. The lowest BCUT2D eigenvalue weighted by molar-refractivity contribution is 0.968. The average Bonchev–Trinajstić information content (AvgIpc) is 3.22. The normalized spacial score (nSPS) is 14.1. The number of nitrogens with zero attached hydrogens (tertiary/aromatic N) is 3. The van der Waals surface area contributed by atoms with Gasteiger partial charge in [-0.15, -0.1) is 0 Å². The van der Waals surface area contributed by atoms with Crippen LogP contribution in [0.1, 0.15) is 41.4 Å². The highest BCUT2D eigenvalue weighted by atomic mass is 14.7. The summed E-state index contributed by atoms with van der Waals surface area (Å²) in [5, 5.41) is 0. The van der Waals surface area contributed by atoms with Crippen LogP contribution in [-0.2, 0) is 6.42 Å². The Kier molecular flexibility index (Phi) is 3.00. The van der Waals surface area contributed by atoms with Gasteiger partial charge in [-0.05, 0) is 55.5 Å². The lowest BCUT2D eigenvalue weighted by atomic mass is 10.1. The van der Waals surface area contributed by atoms with Crippen LogP contribution in [0.4, 0.5) is 5.69 Å². The quantitative estimate of drug-likeness (QED) is 0.774. The molecule has 1 fully saturated rings. The van der Waals surface area contributed by atoms with Crippen molar-refractivity contribution in [2.24, 2.45) is 0 Å². The molecule has 0 amide bonds. The molecule has 0 bridgehead atoms. The summed E-state index contributed by atoms with van der Waals surface area (Å²) < 4.78 is 0. The summed E-state index contributed by atoms with van der Waals surface area (Å²) in [5.74, 6) is 0.739. The van der Waals surface area contributed by atoms with Crippen molar-refractivity contribution in [1.29, 1.82) is 0 Å². The molecule has 0 atom stereocenters. The molecular weight excluding hydrogens is 234 g/mol. The molecule has 19 heavy (non-hydrogen) atoms. The third-order valence-corrected chi connectivity index (χ3v) is 3.37. The Bertz CT molecular complexity index is 651. The lowest BCUT2D eigenvalue weighted by Crippen LogP contribution is -1.98. The van der Waals surface area contributed by atoms with Gasteiger partial charge >= 0.3 is 0 Å². The Hall–Kier alpha value is -2.21. The zero-order valence-electron chi connectivity index (χ0n) is 10.9. The highest BCUT2D eigenvalue weighted by molar-refractivity contribution is 5.44. The molecule has 0 N–H and O–H groups in total. The molecule has 1 aliphatic rings. The van der Waals surface area contributed by atoms with Gasteiger partial charge in [-0.25, -0.2) is 4.85 Å². The predicted octanol–water partition coefficient (Wildman–Crippen LogP) is 3.80. The number of aryl methyl sites for hydroxylation is 1. The summed E-state index contributed by atoms with van der Waals surface area (Å²) in [6, 6.07) is 7.95. The van der Waals surface area contributed by atoms with Crippen molar-refractivity contribution in [1.82, 2.24) is 9.97 Å². The van der Waals surface area contributed by atoms with Crippen LogP contribution in [0.5, 0.6) is 0 Å². The van der Waals surface area contributed by atoms with Crippen LogP contribution in [0.15, 0.2) is 30.5 Å². The van der Waals surface area contributed by atoms with Crippen molar-refractivity contribution in [3.63, 3.8) is 0 Å². The first-order valence-corrected chi connectivity index (χ1v) is 6.54. The van der Waals surface area contributed by atoms with Crippen molar-refractivity contribution in [3.8, 4) is 0 Å². The van der Waals surface area contributed by atoms with Crippen molar-refractivity contribution in [2.45, 2.75) is 32.1 Å². The second-order valence-electron chi connectivity index (χ2n) is 5.10. The average molecular weight is 249 g/mol. The number of hydrogen-bond donors (Lipinski definition) is 0. The van der Waals surface area contributed by atoms with Crippen LogP contribution in [-0.4, -0.2) is 9.97 Å². The molecule has 2 aromatic heterocycles. The number of aromatic nitrogens is 2. The third-order valence-electron chi connectivity index (χ3n) is 3.37. The summed E-state index contributed by atoms with van der Waals surface area (Å²) >= 11 is 0. The van der Waals surface area contributed by atoms with Crippen LogP contribution in [0.3, 0.4) is 0 Å². The van der Waals surface area contributed by atoms with E-state index in [-0.39, 0.29) is 0 Å². The second-order valence-corrected chi connectivity index (χ2v) is 5.10. The van der Waals surface area contributed by atoms with Gasteiger partial charge in [-0.2, -0.15) is 0 Å². The molecule has 0 radical (unpaired) electrons. The molecule has 1 saturated carbocycles. The van der Waals surface area contributed by atoms with Gasteiger partial charge in [-0.3, -0.25) is 9.97 Å². The Morgan fingerprint density at radius 3 is 2.84 bits per heavy atom. The molecule has 2 aromatic rings. The van der Waals surface area contributed by atoms with Crippen molar-refractivity contribution in [3.05, 3.63) is 64.5 Å². The van der Waals surface area contributed by atoms with E-state index in [9.17, 15) is 0 Å². The van der Waals surface area contributed by atoms with Gasteiger partial charge in [0.15, 0.2) is 5.69 Å². The highest BCUT2D eigenvalue weighted by Gasteiger charge is 2.24. The standard InChI is InChI=1S/C16H15N3/c1-11-7-13(12-3-4-12)8-16(19-11)10-15-9-14(17-2)5-6-18-15/h5-9,12H,3-4,10H2,1H3. The SMILES string of the molecule is [C-]#[N+]c1ccnc(Cc2cc(C3CC3)cc(C)n2)c1. The van der Waals surface area contributed by atoms with Crippen LogP contribution < -0.4 is 0 Å². The van der Waals surface area contributed by atoms with Gasteiger partial charge in [0.25, 0.3) is 0 Å². The van der Waals surface area contributed by atoms with E-state index in [1.807, 2.05) is 13.0 Å². The minimum atomic E-state index is 0.639. The molecular formula is C16H15N3. The number of hydrogen-bond acceptors (Lipinski definition) is 2. The summed E-state index contributed by atoms with van der Waals surface area (Å²) in [4.78, 5) is 12.3. The van der Waals surface area contributed by atoms with E-state index in [4.69, 9.17) is 6.57 Å². The minimum absolute atomic E-state index is 0.639. The Labute approximate surface area is 113 Å². The maximum atomic E-state index is 7.03. The molecule has 0 aromatic carbocycles. The van der Waals surface area contributed by atoms with Gasteiger partial charge in [0, 0.05) is 29.7 Å². The topological polar surface area (TPSA) is 30.1 Å². The summed E-state index contributed by atoms with van der Waals surface area (Å²) in [5.41, 5.74) is 5.08. The van der Waals surface area contributed by atoms with Gasteiger partial charge < -0.3 is 0 Å². The summed E-state index contributed by atoms with van der Waals surface area (Å²) in [7, 11) is 0. The van der Waals surface area contributed by atoms with E-state index in [1.165, 1.54) is 18.4 Å². The summed E-state index contributed by atoms with van der Waals surface area (Å²) in [6.07, 6.45) is 4.99. The van der Waals surface area contributed by atoms with E-state index in [0.29, 0.717) is 12.1 Å². The first-order chi connectivity index (χ1) is 9.24. The maximum Gasteiger partial charge on any atom is 0.190 e. The Morgan fingerprint density at radius 2 is 2.11 bits per heavy atom. The zero-order valence-corrected chi connectivity index (χ0v) is 10.9. The van der Waals surface area contributed by atoms with Crippen molar-refractivity contribution >= 4 is 5.69 Å². The number of rotatable bonds is 3. The molecule has 94 valence electrons. The van der Waals surface area contributed by atoms with Crippen molar-refractivity contribution < 1.29 is 0 Å².